The van der Waals surface area contributed by atoms with Crippen molar-refractivity contribution in [2.45, 2.75) is 0 Å². The summed E-state index contributed by atoms with van der Waals surface area (Å²) in [4.78, 5) is 20.9. The minimum absolute atomic E-state index is 0.0113. The molecule has 9 heteroatoms. The van der Waals surface area contributed by atoms with Crippen LogP contribution in [0.25, 0.3) is 11.1 Å². The smallest absolute Gasteiger partial charge is 0.311 e. The highest BCUT2D eigenvalue weighted by Crippen LogP contribution is 2.43. The maximum Gasteiger partial charge on any atom is 0.311 e. The Kier molecular flexibility index (Phi) is 3.17. The second-order valence-corrected chi connectivity index (χ2v) is 4.76. The lowest BCUT2D eigenvalue weighted by molar-refractivity contribution is -0.385. The van der Waals surface area contributed by atoms with Gasteiger partial charge in [-0.15, -0.1) is 0 Å². The molecule has 1 aliphatic carbocycles. The first-order valence-corrected chi connectivity index (χ1v) is 6.36. The first-order chi connectivity index (χ1) is 11.0. The van der Waals surface area contributed by atoms with E-state index in [1.165, 1.54) is 37.4 Å². The highest BCUT2D eigenvalue weighted by molar-refractivity contribution is 6.25. The third kappa shape index (κ3) is 2.06. The van der Waals surface area contributed by atoms with Crippen molar-refractivity contribution in [3.8, 4) is 16.9 Å². The molecule has 116 valence electrons. The van der Waals surface area contributed by atoms with E-state index in [4.69, 9.17) is 4.74 Å². The van der Waals surface area contributed by atoms with Crippen LogP contribution in [0.15, 0.2) is 35.5 Å². The van der Waals surface area contributed by atoms with Crippen molar-refractivity contribution < 1.29 is 19.8 Å². The number of benzene rings is 2. The molecule has 0 saturated carbocycles. The minimum Gasteiger partial charge on any atom is -0.490 e. The zero-order valence-electron chi connectivity index (χ0n) is 11.7. The third-order valence-electron chi connectivity index (χ3n) is 3.63. The predicted octanol–water partition coefficient (Wildman–Crippen LogP) is 2.72. The van der Waals surface area contributed by atoms with E-state index >= 15 is 0 Å². The fourth-order valence-corrected chi connectivity index (χ4v) is 2.62. The Bertz CT molecular complexity index is 890. The van der Waals surface area contributed by atoms with Crippen LogP contribution >= 0.6 is 0 Å². The highest BCUT2D eigenvalue weighted by Gasteiger charge is 2.31. The van der Waals surface area contributed by atoms with Crippen LogP contribution in [0.2, 0.25) is 0 Å². The number of nitro benzene ring substituents is 2. The number of methoxy groups -OCH3 is 1. The van der Waals surface area contributed by atoms with Crippen molar-refractivity contribution in [2.24, 2.45) is 5.16 Å². The molecule has 1 aliphatic rings. The summed E-state index contributed by atoms with van der Waals surface area (Å²) in [5.74, 6) is 0.0113. The van der Waals surface area contributed by atoms with Crippen LogP contribution in [-0.4, -0.2) is 27.9 Å². The fourth-order valence-electron chi connectivity index (χ4n) is 2.62. The molecular weight excluding hydrogens is 306 g/mol. The SMILES string of the molecule is COc1cc2c(cc1[N+](=O)[O-])-c1ccc([N+](=O)[O-])cc1C2=NO. The van der Waals surface area contributed by atoms with Gasteiger partial charge in [0.1, 0.15) is 5.71 Å². The van der Waals surface area contributed by atoms with Crippen molar-refractivity contribution >= 4 is 17.1 Å². The first kappa shape index (κ1) is 14.4. The molecule has 0 amide bonds. The van der Waals surface area contributed by atoms with Crippen molar-refractivity contribution in [1.82, 2.24) is 0 Å². The average Bonchev–Trinajstić information content (AvgIpc) is 2.85. The van der Waals surface area contributed by atoms with Crippen molar-refractivity contribution in [1.29, 1.82) is 0 Å². The zero-order chi connectivity index (χ0) is 16.7. The molecule has 0 aromatic heterocycles. The molecule has 0 fully saturated rings. The molecule has 2 aromatic carbocycles. The molecule has 0 atom stereocenters. The highest BCUT2D eigenvalue weighted by atomic mass is 16.6. The van der Waals surface area contributed by atoms with Crippen molar-refractivity contribution in [3.63, 3.8) is 0 Å². The lowest BCUT2D eigenvalue weighted by Crippen LogP contribution is -2.01. The molecule has 0 aliphatic heterocycles. The largest absolute Gasteiger partial charge is 0.490 e. The predicted molar refractivity (Wildman–Crippen MR) is 79.2 cm³/mol. The topological polar surface area (TPSA) is 128 Å². The van der Waals surface area contributed by atoms with Gasteiger partial charge in [0.25, 0.3) is 5.69 Å². The summed E-state index contributed by atoms with van der Waals surface area (Å²) in [6, 6.07) is 6.72. The summed E-state index contributed by atoms with van der Waals surface area (Å²) >= 11 is 0. The Hall–Kier alpha value is -3.49. The maximum absolute atomic E-state index is 11.1. The normalized spacial score (nSPS) is 13.5. The molecule has 2 aromatic rings. The van der Waals surface area contributed by atoms with E-state index in [0.29, 0.717) is 22.3 Å². The third-order valence-corrected chi connectivity index (χ3v) is 3.63. The maximum atomic E-state index is 11.1. The second kappa shape index (κ2) is 5.05. The standard InChI is InChI=1S/C14H9N3O6/c1-23-13-6-11-9(5-12(13)17(21)22)8-3-2-7(16(19)20)4-10(8)14(11)15-18/h2-6,18H,1H3. The molecule has 0 saturated heterocycles. The van der Waals surface area contributed by atoms with Gasteiger partial charge in [0.15, 0.2) is 5.75 Å². The Morgan fingerprint density at radius 1 is 1.00 bits per heavy atom. The number of hydrogen-bond donors (Lipinski definition) is 1. The van der Waals surface area contributed by atoms with Gasteiger partial charge < -0.3 is 9.94 Å². The zero-order valence-corrected chi connectivity index (χ0v) is 11.7. The number of non-ortho nitro benzene ring substituents is 1. The summed E-state index contributed by atoms with van der Waals surface area (Å²) in [6.45, 7) is 0. The summed E-state index contributed by atoms with van der Waals surface area (Å²) in [5.41, 5.74) is 1.41. The quantitative estimate of drug-likeness (QED) is 0.449. The average molecular weight is 315 g/mol. The van der Waals surface area contributed by atoms with Gasteiger partial charge in [0, 0.05) is 29.3 Å². The number of ether oxygens (including phenoxy) is 1. The first-order valence-electron chi connectivity index (χ1n) is 6.36. The van der Waals surface area contributed by atoms with E-state index in [2.05, 4.69) is 5.16 Å². The van der Waals surface area contributed by atoms with Gasteiger partial charge in [-0.2, -0.15) is 0 Å². The van der Waals surface area contributed by atoms with Crippen LogP contribution in [0.1, 0.15) is 11.1 Å². The monoisotopic (exact) mass is 315 g/mol. The molecule has 3 rings (SSSR count). The Morgan fingerprint density at radius 3 is 2.26 bits per heavy atom. The van der Waals surface area contributed by atoms with Gasteiger partial charge in [-0.1, -0.05) is 5.16 Å². The van der Waals surface area contributed by atoms with Crippen molar-refractivity contribution in [2.75, 3.05) is 7.11 Å². The van der Waals surface area contributed by atoms with Gasteiger partial charge in [0.2, 0.25) is 0 Å². The Balaban J connectivity index is 2.31. The van der Waals surface area contributed by atoms with Gasteiger partial charge in [-0.25, -0.2) is 0 Å². The van der Waals surface area contributed by atoms with Gasteiger partial charge >= 0.3 is 5.69 Å². The van der Waals surface area contributed by atoms with E-state index < -0.39 is 9.85 Å². The fraction of sp³-hybridized carbons (Fsp3) is 0.0714. The Morgan fingerprint density at radius 2 is 1.70 bits per heavy atom. The second-order valence-electron chi connectivity index (χ2n) is 4.76. The number of rotatable bonds is 3. The summed E-state index contributed by atoms with van der Waals surface area (Å²) in [7, 11) is 1.29. The lowest BCUT2D eigenvalue weighted by Gasteiger charge is -2.05. The van der Waals surface area contributed by atoms with Gasteiger partial charge in [0.05, 0.1) is 17.0 Å². The summed E-state index contributed by atoms with van der Waals surface area (Å²) in [6.07, 6.45) is 0. The van der Waals surface area contributed by atoms with Crippen LogP contribution < -0.4 is 4.74 Å². The number of fused-ring (bicyclic) bond motifs is 3. The number of nitro groups is 2. The molecule has 0 bridgehead atoms. The molecule has 0 radical (unpaired) electrons. The van der Waals surface area contributed by atoms with Gasteiger partial charge in [-0.3, -0.25) is 20.2 Å². The minimum atomic E-state index is -0.585. The molecule has 0 heterocycles. The van der Waals surface area contributed by atoms with E-state index in [0.717, 1.165) is 0 Å². The van der Waals surface area contributed by atoms with E-state index in [9.17, 15) is 25.4 Å². The van der Waals surface area contributed by atoms with E-state index in [1.807, 2.05) is 0 Å². The van der Waals surface area contributed by atoms with Crippen LogP contribution in [0.4, 0.5) is 11.4 Å². The number of nitrogens with zero attached hydrogens (tertiary/aromatic N) is 3. The number of oxime groups is 1. The summed E-state index contributed by atoms with van der Waals surface area (Å²) in [5, 5.41) is 34.5. The molecule has 9 nitrogen and oxygen atoms in total. The molecule has 23 heavy (non-hydrogen) atoms. The molecule has 1 N–H and O–H groups in total. The van der Waals surface area contributed by atoms with Crippen LogP contribution in [0, 0.1) is 20.2 Å². The number of hydrogen-bond acceptors (Lipinski definition) is 7. The molecule has 0 unspecified atom stereocenters. The molecule has 0 spiro atoms. The van der Waals surface area contributed by atoms with E-state index in [1.54, 1.807) is 0 Å². The van der Waals surface area contributed by atoms with Crippen molar-refractivity contribution in [3.05, 3.63) is 61.7 Å². The van der Waals surface area contributed by atoms with E-state index in [-0.39, 0.29) is 22.8 Å². The van der Waals surface area contributed by atoms with Crippen LogP contribution in [0.3, 0.4) is 0 Å². The molecular formula is C14H9N3O6. The summed E-state index contributed by atoms with van der Waals surface area (Å²) < 4.78 is 5.00. The lowest BCUT2D eigenvalue weighted by atomic mass is 10.0. The van der Waals surface area contributed by atoms with Gasteiger partial charge in [-0.05, 0) is 23.3 Å². The van der Waals surface area contributed by atoms with Crippen LogP contribution in [0.5, 0.6) is 5.75 Å². The Labute approximate surface area is 128 Å². The van der Waals surface area contributed by atoms with Crippen LogP contribution in [-0.2, 0) is 0 Å².